The maximum Gasteiger partial charge on any atom is 0.269 e. The number of halogens is 2. The third-order valence-corrected chi connectivity index (χ3v) is 3.57. The van der Waals surface area contributed by atoms with Gasteiger partial charge in [0.05, 0.1) is 20.7 Å². The fraction of sp³-hybridized carbons (Fsp3) is 0.133. The third-order valence-electron chi connectivity index (χ3n) is 2.94. The number of para-hydroxylation sites is 1. The number of hydrogen-bond acceptors (Lipinski definition) is 4. The number of non-ortho nitro benzene ring substituents is 1. The van der Waals surface area contributed by atoms with E-state index >= 15 is 0 Å². The molecule has 0 saturated heterocycles. The van der Waals surface area contributed by atoms with E-state index in [4.69, 9.17) is 27.9 Å². The number of amides is 1. The predicted octanol–water partition coefficient (Wildman–Crippen LogP) is 4.31. The molecule has 1 atom stereocenters. The Morgan fingerprint density at radius 1 is 1.17 bits per heavy atom. The zero-order valence-electron chi connectivity index (χ0n) is 12.0. The summed E-state index contributed by atoms with van der Waals surface area (Å²) in [6.07, 6.45) is -0.844. The summed E-state index contributed by atoms with van der Waals surface area (Å²) >= 11 is 12.0. The first kappa shape index (κ1) is 17.1. The summed E-state index contributed by atoms with van der Waals surface area (Å²) < 4.78 is 5.44. The molecule has 1 unspecified atom stereocenters. The van der Waals surface area contributed by atoms with E-state index in [1.807, 2.05) is 0 Å². The lowest BCUT2D eigenvalue weighted by atomic mass is 10.2. The molecule has 1 N–H and O–H groups in total. The fourth-order valence-corrected chi connectivity index (χ4v) is 2.24. The minimum absolute atomic E-state index is 0.0581. The van der Waals surface area contributed by atoms with E-state index in [9.17, 15) is 14.9 Å². The smallest absolute Gasteiger partial charge is 0.269 e. The number of nitrogens with one attached hydrogen (secondary N) is 1. The monoisotopic (exact) mass is 354 g/mol. The van der Waals surface area contributed by atoms with Crippen LogP contribution in [0.15, 0.2) is 42.5 Å². The Morgan fingerprint density at radius 2 is 1.74 bits per heavy atom. The fourth-order valence-electron chi connectivity index (χ4n) is 1.75. The Morgan fingerprint density at radius 3 is 2.26 bits per heavy atom. The van der Waals surface area contributed by atoms with E-state index in [0.717, 1.165) is 0 Å². The van der Waals surface area contributed by atoms with Gasteiger partial charge in [-0.2, -0.15) is 0 Å². The molecule has 0 heterocycles. The van der Waals surface area contributed by atoms with Crippen molar-refractivity contribution in [3.05, 3.63) is 62.6 Å². The van der Waals surface area contributed by atoms with Crippen molar-refractivity contribution >= 4 is 40.5 Å². The van der Waals surface area contributed by atoms with Gasteiger partial charge >= 0.3 is 0 Å². The number of carbonyl (C=O) groups excluding carboxylic acids is 1. The van der Waals surface area contributed by atoms with Crippen LogP contribution in [0, 0.1) is 10.1 Å². The molecule has 0 saturated carbocycles. The van der Waals surface area contributed by atoms with Crippen LogP contribution < -0.4 is 10.1 Å². The summed E-state index contributed by atoms with van der Waals surface area (Å²) in [6, 6.07) is 10.3. The SMILES string of the molecule is CC(Oc1ccc([N+](=O)[O-])cc1)C(=O)Nc1c(Cl)cccc1Cl. The number of nitrogens with zero attached hydrogens (tertiary/aromatic N) is 1. The van der Waals surface area contributed by atoms with Gasteiger partial charge in [0.1, 0.15) is 5.75 Å². The van der Waals surface area contributed by atoms with Crippen molar-refractivity contribution in [3.8, 4) is 5.75 Å². The van der Waals surface area contributed by atoms with E-state index < -0.39 is 16.9 Å². The predicted molar refractivity (Wildman–Crippen MR) is 88.3 cm³/mol. The number of nitro benzene ring substituents is 1. The van der Waals surface area contributed by atoms with Crippen molar-refractivity contribution in [2.75, 3.05) is 5.32 Å². The number of anilines is 1. The van der Waals surface area contributed by atoms with Crippen molar-refractivity contribution in [3.63, 3.8) is 0 Å². The van der Waals surface area contributed by atoms with Gasteiger partial charge < -0.3 is 10.1 Å². The van der Waals surface area contributed by atoms with Crippen LogP contribution in [0.25, 0.3) is 0 Å². The molecule has 2 aromatic carbocycles. The van der Waals surface area contributed by atoms with Crippen LogP contribution in [-0.2, 0) is 4.79 Å². The Balaban J connectivity index is 2.04. The van der Waals surface area contributed by atoms with Gasteiger partial charge in [0.25, 0.3) is 11.6 Å². The topological polar surface area (TPSA) is 81.5 Å². The highest BCUT2D eigenvalue weighted by atomic mass is 35.5. The summed E-state index contributed by atoms with van der Waals surface area (Å²) in [6.45, 7) is 1.54. The molecule has 1 amide bonds. The molecule has 0 spiro atoms. The van der Waals surface area contributed by atoms with Crippen molar-refractivity contribution in [1.29, 1.82) is 0 Å². The Bertz CT molecular complexity index is 715. The molecule has 0 fully saturated rings. The highest BCUT2D eigenvalue weighted by Gasteiger charge is 2.18. The van der Waals surface area contributed by atoms with Gasteiger partial charge in [0, 0.05) is 12.1 Å². The number of carbonyl (C=O) groups is 1. The van der Waals surface area contributed by atoms with Gasteiger partial charge in [-0.15, -0.1) is 0 Å². The quantitative estimate of drug-likeness (QED) is 0.640. The average molecular weight is 355 g/mol. The maximum atomic E-state index is 12.1. The first-order valence-electron chi connectivity index (χ1n) is 6.54. The Kier molecular flexibility index (Phi) is 5.41. The van der Waals surface area contributed by atoms with Crippen LogP contribution in [0.5, 0.6) is 5.75 Å². The Hall–Kier alpha value is -2.31. The molecule has 8 heteroatoms. The van der Waals surface area contributed by atoms with E-state index in [0.29, 0.717) is 21.5 Å². The van der Waals surface area contributed by atoms with Crippen molar-refractivity contribution in [2.24, 2.45) is 0 Å². The average Bonchev–Trinajstić information content (AvgIpc) is 2.51. The molecular formula is C15H12Cl2N2O4. The standard InChI is InChI=1S/C15H12Cl2N2O4/c1-9(23-11-7-5-10(6-8-11)19(21)22)15(20)18-14-12(16)3-2-4-13(14)17/h2-9H,1H3,(H,18,20). The van der Waals surface area contributed by atoms with Crippen molar-refractivity contribution in [2.45, 2.75) is 13.0 Å². The normalized spacial score (nSPS) is 11.6. The van der Waals surface area contributed by atoms with E-state index in [-0.39, 0.29) is 5.69 Å². The van der Waals surface area contributed by atoms with Gasteiger partial charge in [0.15, 0.2) is 6.10 Å². The first-order valence-corrected chi connectivity index (χ1v) is 7.30. The number of benzene rings is 2. The van der Waals surface area contributed by atoms with E-state index in [1.54, 1.807) is 25.1 Å². The molecule has 0 aliphatic rings. The maximum absolute atomic E-state index is 12.1. The van der Waals surface area contributed by atoms with Crippen LogP contribution in [0.1, 0.15) is 6.92 Å². The minimum atomic E-state index is -0.844. The lowest BCUT2D eigenvalue weighted by Gasteiger charge is -2.16. The molecular weight excluding hydrogens is 343 g/mol. The molecule has 23 heavy (non-hydrogen) atoms. The molecule has 120 valence electrons. The molecule has 0 aromatic heterocycles. The van der Waals surface area contributed by atoms with Gasteiger partial charge in [-0.1, -0.05) is 29.3 Å². The number of ether oxygens (including phenoxy) is 1. The Labute approximate surface area is 142 Å². The molecule has 2 rings (SSSR count). The zero-order valence-corrected chi connectivity index (χ0v) is 13.5. The summed E-state index contributed by atoms with van der Waals surface area (Å²) in [4.78, 5) is 22.2. The number of hydrogen-bond donors (Lipinski definition) is 1. The summed E-state index contributed by atoms with van der Waals surface area (Å²) in [5.74, 6) is -0.109. The van der Waals surface area contributed by atoms with Crippen molar-refractivity contribution in [1.82, 2.24) is 0 Å². The number of rotatable bonds is 5. The highest BCUT2D eigenvalue weighted by Crippen LogP contribution is 2.30. The lowest BCUT2D eigenvalue weighted by Crippen LogP contribution is -2.30. The molecule has 0 radical (unpaired) electrons. The largest absolute Gasteiger partial charge is 0.481 e. The second-order valence-corrected chi connectivity index (χ2v) is 5.41. The second kappa shape index (κ2) is 7.30. The lowest BCUT2D eigenvalue weighted by molar-refractivity contribution is -0.384. The van der Waals surface area contributed by atoms with Gasteiger partial charge in [0.2, 0.25) is 0 Å². The molecule has 2 aromatic rings. The molecule has 0 bridgehead atoms. The van der Waals surface area contributed by atoms with Crippen LogP contribution in [0.4, 0.5) is 11.4 Å². The van der Waals surface area contributed by atoms with E-state index in [1.165, 1.54) is 24.3 Å². The van der Waals surface area contributed by atoms with Gasteiger partial charge in [-0.05, 0) is 31.2 Å². The number of nitro groups is 1. The van der Waals surface area contributed by atoms with E-state index in [2.05, 4.69) is 5.32 Å². The second-order valence-electron chi connectivity index (χ2n) is 4.60. The van der Waals surface area contributed by atoms with Crippen LogP contribution in [0.3, 0.4) is 0 Å². The summed E-state index contributed by atoms with van der Waals surface area (Å²) in [5, 5.41) is 13.8. The third kappa shape index (κ3) is 4.34. The zero-order chi connectivity index (χ0) is 17.0. The molecule has 0 aliphatic heterocycles. The summed E-state index contributed by atoms with van der Waals surface area (Å²) in [7, 11) is 0. The van der Waals surface area contributed by atoms with Crippen LogP contribution in [-0.4, -0.2) is 16.9 Å². The van der Waals surface area contributed by atoms with Crippen LogP contribution in [0.2, 0.25) is 10.0 Å². The molecule has 0 aliphatic carbocycles. The van der Waals surface area contributed by atoms with Crippen LogP contribution >= 0.6 is 23.2 Å². The summed E-state index contributed by atoms with van der Waals surface area (Å²) in [5.41, 5.74) is 0.247. The van der Waals surface area contributed by atoms with Gasteiger partial charge in [-0.25, -0.2) is 0 Å². The van der Waals surface area contributed by atoms with Crippen molar-refractivity contribution < 1.29 is 14.5 Å². The molecule has 6 nitrogen and oxygen atoms in total. The minimum Gasteiger partial charge on any atom is -0.481 e. The first-order chi connectivity index (χ1) is 10.9. The van der Waals surface area contributed by atoms with Gasteiger partial charge in [-0.3, -0.25) is 14.9 Å². The highest BCUT2D eigenvalue weighted by molar-refractivity contribution is 6.39.